The fourth-order valence-corrected chi connectivity index (χ4v) is 9.87. The van der Waals surface area contributed by atoms with Gasteiger partial charge in [0.05, 0.1) is 38.7 Å². The van der Waals surface area contributed by atoms with E-state index in [9.17, 15) is 0 Å². The quantitative estimate of drug-likeness (QED) is 0.177. The summed E-state index contributed by atoms with van der Waals surface area (Å²) in [5, 5.41) is 10.9. The highest BCUT2D eigenvalue weighted by Gasteiger charge is 2.26. The van der Waals surface area contributed by atoms with E-state index < -0.39 is 0 Å². The molecule has 62 heavy (non-hydrogen) atoms. The molecule has 5 aromatic heterocycles. The summed E-state index contributed by atoms with van der Waals surface area (Å²) in [5.74, 6) is 1.54. The first-order valence-corrected chi connectivity index (χ1v) is 20.8. The zero-order chi connectivity index (χ0) is 40.5. The van der Waals surface area contributed by atoms with Gasteiger partial charge < -0.3 is 13.4 Å². The molecule has 0 spiro atoms. The summed E-state index contributed by atoms with van der Waals surface area (Å²) in [5.41, 5.74) is 9.83. The highest BCUT2D eigenvalue weighted by molar-refractivity contribution is 6.18. The SMILES string of the molecule is c1ccc2cc3c(cc2c1)c1ccccc1n3-c1c(-c2nc(-c3cccc4c3oc3ccccc34)nc(-n3c4ccccc4c4ccccc43)n2)ccc2oc3ccccc3c12. The standard InChI is InChI=1S/C55H31N5O2/c1-2-15-33-31-46-42(30-32(33)14-1)36-18-5-8-23-43(36)59(46)51-40(28-29-49-50(51)39-20-7-12-27-48(39)61-49)53-56-54(41-22-13-21-38-37-19-6-11-26-47(37)62-52(38)41)58-55(57-53)60-44-24-9-3-16-34(44)35-17-4-10-25-45(35)60/h1-31H. The second kappa shape index (κ2) is 12.5. The predicted octanol–water partition coefficient (Wildman–Crippen LogP) is 14.4. The van der Waals surface area contributed by atoms with Crippen molar-refractivity contribution in [3.63, 3.8) is 0 Å². The lowest BCUT2D eigenvalue weighted by Gasteiger charge is -2.16. The summed E-state index contributed by atoms with van der Waals surface area (Å²) in [6.07, 6.45) is 0. The lowest BCUT2D eigenvalue weighted by Crippen LogP contribution is -2.08. The van der Waals surface area contributed by atoms with Gasteiger partial charge in [-0.15, -0.1) is 0 Å². The zero-order valence-electron chi connectivity index (χ0n) is 33.0. The molecule has 5 heterocycles. The van der Waals surface area contributed by atoms with E-state index in [0.717, 1.165) is 110 Å². The summed E-state index contributed by atoms with van der Waals surface area (Å²) in [6, 6.07) is 65.5. The van der Waals surface area contributed by atoms with Crippen LogP contribution in [-0.4, -0.2) is 24.1 Å². The lowest BCUT2D eigenvalue weighted by atomic mass is 10.0. The molecule has 0 fully saturated rings. The topological polar surface area (TPSA) is 74.8 Å². The van der Waals surface area contributed by atoms with Crippen LogP contribution in [0, 0.1) is 0 Å². The Morgan fingerprint density at radius 1 is 0.339 bits per heavy atom. The molecule has 7 nitrogen and oxygen atoms in total. The van der Waals surface area contributed by atoms with Crippen molar-refractivity contribution in [1.29, 1.82) is 0 Å². The molecule has 0 saturated carbocycles. The first kappa shape index (κ1) is 33.3. The third-order valence-electron chi connectivity index (χ3n) is 12.6. The zero-order valence-corrected chi connectivity index (χ0v) is 33.0. The van der Waals surface area contributed by atoms with Crippen molar-refractivity contribution in [2.45, 2.75) is 0 Å². The molecular formula is C55H31N5O2. The first-order chi connectivity index (χ1) is 30.7. The number of benzene rings is 9. The molecule has 14 aromatic rings. The number of rotatable bonds is 4. The Balaban J connectivity index is 1.15. The van der Waals surface area contributed by atoms with E-state index in [1.54, 1.807) is 0 Å². The van der Waals surface area contributed by atoms with Crippen LogP contribution in [0.15, 0.2) is 197 Å². The van der Waals surface area contributed by atoms with E-state index >= 15 is 0 Å². The molecule has 14 rings (SSSR count). The number of furan rings is 2. The molecule has 0 aliphatic rings. The molecule has 0 atom stereocenters. The van der Waals surface area contributed by atoms with Gasteiger partial charge in [-0.1, -0.05) is 127 Å². The molecule has 0 bridgehead atoms. The van der Waals surface area contributed by atoms with E-state index in [-0.39, 0.29) is 0 Å². The third kappa shape index (κ3) is 4.61. The van der Waals surface area contributed by atoms with Crippen LogP contribution in [0.4, 0.5) is 0 Å². The molecule has 9 aromatic carbocycles. The average Bonchev–Trinajstić information content (AvgIpc) is 4.08. The van der Waals surface area contributed by atoms with Gasteiger partial charge in [0, 0.05) is 43.3 Å². The van der Waals surface area contributed by atoms with Crippen LogP contribution in [0.2, 0.25) is 0 Å². The van der Waals surface area contributed by atoms with Gasteiger partial charge in [0.2, 0.25) is 5.95 Å². The van der Waals surface area contributed by atoms with Crippen LogP contribution in [0.1, 0.15) is 0 Å². The normalized spacial score (nSPS) is 12.2. The number of nitrogens with zero attached hydrogens (tertiary/aromatic N) is 5. The summed E-state index contributed by atoms with van der Waals surface area (Å²) >= 11 is 0. The maximum atomic E-state index is 6.64. The van der Waals surface area contributed by atoms with Gasteiger partial charge in [-0.3, -0.25) is 4.57 Å². The van der Waals surface area contributed by atoms with Crippen LogP contribution in [0.5, 0.6) is 0 Å². The maximum Gasteiger partial charge on any atom is 0.238 e. The fourth-order valence-electron chi connectivity index (χ4n) is 9.87. The van der Waals surface area contributed by atoms with Crippen LogP contribution in [0.25, 0.3) is 133 Å². The number of aromatic nitrogens is 5. The molecule has 0 aliphatic heterocycles. The molecule has 7 heteroatoms. The Hall–Kier alpha value is -8.55. The van der Waals surface area contributed by atoms with E-state index in [4.69, 9.17) is 23.8 Å². The van der Waals surface area contributed by atoms with Crippen LogP contribution in [0.3, 0.4) is 0 Å². The minimum Gasteiger partial charge on any atom is -0.456 e. The van der Waals surface area contributed by atoms with Crippen LogP contribution in [-0.2, 0) is 0 Å². The number of hydrogen-bond donors (Lipinski definition) is 0. The van der Waals surface area contributed by atoms with Crippen molar-refractivity contribution in [2.75, 3.05) is 0 Å². The number of hydrogen-bond acceptors (Lipinski definition) is 5. The predicted molar refractivity (Wildman–Crippen MR) is 251 cm³/mol. The van der Waals surface area contributed by atoms with E-state index in [2.05, 4.69) is 161 Å². The average molecular weight is 794 g/mol. The molecule has 0 amide bonds. The van der Waals surface area contributed by atoms with Gasteiger partial charge in [0.15, 0.2) is 11.6 Å². The van der Waals surface area contributed by atoms with Crippen LogP contribution < -0.4 is 0 Å². The second-order valence-corrected chi connectivity index (χ2v) is 15.9. The Morgan fingerprint density at radius 3 is 1.61 bits per heavy atom. The summed E-state index contributed by atoms with van der Waals surface area (Å²) in [6.45, 7) is 0. The van der Waals surface area contributed by atoms with E-state index in [1.807, 2.05) is 36.4 Å². The Labute approximate surface area is 352 Å². The molecule has 0 unspecified atom stereocenters. The second-order valence-electron chi connectivity index (χ2n) is 15.9. The van der Waals surface area contributed by atoms with Crippen molar-refractivity contribution in [1.82, 2.24) is 24.1 Å². The van der Waals surface area contributed by atoms with Gasteiger partial charge in [-0.25, -0.2) is 4.98 Å². The minimum absolute atomic E-state index is 0.506. The van der Waals surface area contributed by atoms with Crippen molar-refractivity contribution in [2.24, 2.45) is 0 Å². The fraction of sp³-hybridized carbons (Fsp3) is 0. The Kier molecular flexibility index (Phi) is 6.71. The summed E-state index contributed by atoms with van der Waals surface area (Å²) in [7, 11) is 0. The third-order valence-corrected chi connectivity index (χ3v) is 12.6. The molecular weight excluding hydrogens is 763 g/mol. The first-order valence-electron chi connectivity index (χ1n) is 20.8. The van der Waals surface area contributed by atoms with Crippen molar-refractivity contribution >= 4 is 98.3 Å². The highest BCUT2D eigenvalue weighted by atomic mass is 16.3. The van der Waals surface area contributed by atoms with E-state index in [0.29, 0.717) is 17.6 Å². The molecule has 0 saturated heterocycles. The Bertz CT molecular complexity index is 4130. The van der Waals surface area contributed by atoms with E-state index in [1.165, 1.54) is 5.39 Å². The molecule has 0 aliphatic carbocycles. The van der Waals surface area contributed by atoms with Crippen molar-refractivity contribution in [3.05, 3.63) is 188 Å². The number of fused-ring (bicyclic) bond motifs is 13. The lowest BCUT2D eigenvalue weighted by molar-refractivity contribution is 0.669. The van der Waals surface area contributed by atoms with Gasteiger partial charge in [-0.05, 0) is 71.4 Å². The monoisotopic (exact) mass is 793 g/mol. The molecule has 0 N–H and O–H groups in total. The van der Waals surface area contributed by atoms with Crippen molar-refractivity contribution in [3.8, 4) is 34.4 Å². The van der Waals surface area contributed by atoms with Gasteiger partial charge in [0.1, 0.15) is 22.3 Å². The largest absolute Gasteiger partial charge is 0.456 e. The van der Waals surface area contributed by atoms with Gasteiger partial charge >= 0.3 is 0 Å². The molecule has 288 valence electrons. The minimum atomic E-state index is 0.506. The van der Waals surface area contributed by atoms with Crippen LogP contribution >= 0.6 is 0 Å². The van der Waals surface area contributed by atoms with Gasteiger partial charge in [-0.2, -0.15) is 9.97 Å². The molecule has 0 radical (unpaired) electrons. The van der Waals surface area contributed by atoms with Gasteiger partial charge in [0.25, 0.3) is 0 Å². The Morgan fingerprint density at radius 2 is 0.887 bits per heavy atom. The van der Waals surface area contributed by atoms with Crippen molar-refractivity contribution < 1.29 is 8.83 Å². The summed E-state index contributed by atoms with van der Waals surface area (Å²) in [4.78, 5) is 16.4. The smallest absolute Gasteiger partial charge is 0.238 e. The number of para-hydroxylation sites is 6. The maximum absolute atomic E-state index is 6.64. The summed E-state index contributed by atoms with van der Waals surface area (Å²) < 4.78 is 17.8. The highest BCUT2D eigenvalue weighted by Crippen LogP contribution is 2.44.